The lowest BCUT2D eigenvalue weighted by Gasteiger charge is -2.07. The molecule has 3 heteroatoms. The van der Waals surface area contributed by atoms with Gasteiger partial charge in [-0.15, -0.1) is 0 Å². The Balaban J connectivity index is 0.000000312. The second-order valence-electron chi connectivity index (χ2n) is 3.72. The quantitative estimate of drug-likeness (QED) is 0.828. The molecule has 0 aromatic heterocycles. The fraction of sp³-hybridized carbons (Fsp3) is 0.125. The number of benzene rings is 2. The normalized spacial score (nSPS) is 9.37. The predicted molar refractivity (Wildman–Crippen MR) is 77.3 cm³/mol. The predicted octanol–water partition coefficient (Wildman–Crippen LogP) is 3.11. The summed E-state index contributed by atoms with van der Waals surface area (Å²) < 4.78 is 4.36. The van der Waals surface area contributed by atoms with Crippen molar-refractivity contribution in [3.05, 3.63) is 73.2 Å². The Morgan fingerprint density at radius 2 is 1.26 bits per heavy atom. The van der Waals surface area contributed by atoms with Gasteiger partial charge in [-0.05, 0) is 21.9 Å². The maximum absolute atomic E-state index is 9.14. The van der Waals surface area contributed by atoms with Crippen LogP contribution in [0.1, 0.15) is 11.1 Å². The Bertz CT molecular complexity index is 498. The van der Waals surface area contributed by atoms with Gasteiger partial charge in [0.15, 0.2) is 0 Å². The van der Waals surface area contributed by atoms with Gasteiger partial charge >= 0.3 is 0 Å². The summed E-state index contributed by atoms with van der Waals surface area (Å²) in [6.45, 7) is 6.58. The third kappa shape index (κ3) is 3.95. The van der Waals surface area contributed by atoms with E-state index in [0.29, 0.717) is 0 Å². The van der Waals surface area contributed by atoms with Crippen LogP contribution in [0, 0.1) is 0 Å². The Kier molecular flexibility index (Phi) is 6.36. The van der Waals surface area contributed by atoms with E-state index in [-0.39, 0.29) is 13.2 Å². The van der Waals surface area contributed by atoms with E-state index in [1.54, 1.807) is 0 Å². The van der Waals surface area contributed by atoms with Gasteiger partial charge in [0, 0.05) is 0 Å². The molecule has 0 amide bonds. The molecule has 0 unspecified atom stereocenters. The summed E-state index contributed by atoms with van der Waals surface area (Å²) >= 11 is 0. The highest BCUT2D eigenvalue weighted by Crippen LogP contribution is 2.22. The Labute approximate surface area is 113 Å². The molecule has 0 bridgehead atoms. The number of fused-ring (bicyclic) bond motifs is 1. The molecule has 0 aliphatic heterocycles. The Morgan fingerprint density at radius 3 is 1.53 bits per heavy atom. The molecule has 2 aromatic carbocycles. The highest BCUT2D eigenvalue weighted by Gasteiger charge is 2.03. The fourth-order valence-electron chi connectivity index (χ4n) is 1.77. The highest BCUT2D eigenvalue weighted by atomic mass is 16.5. The molecule has 0 aliphatic carbocycles. The van der Waals surface area contributed by atoms with E-state index in [9.17, 15) is 0 Å². The van der Waals surface area contributed by atoms with E-state index in [1.165, 1.54) is 12.5 Å². The van der Waals surface area contributed by atoms with Crippen molar-refractivity contribution in [2.45, 2.75) is 13.2 Å². The number of ether oxygens (including phenoxy) is 1. The third-order valence-electron chi connectivity index (χ3n) is 2.64. The zero-order valence-electron chi connectivity index (χ0n) is 10.7. The lowest BCUT2D eigenvalue weighted by atomic mass is 10.0. The van der Waals surface area contributed by atoms with Crippen LogP contribution in [0.25, 0.3) is 10.8 Å². The van der Waals surface area contributed by atoms with Crippen molar-refractivity contribution in [2.75, 3.05) is 0 Å². The minimum Gasteiger partial charge on any atom is -0.474 e. The molecule has 2 rings (SSSR count). The molecule has 0 radical (unpaired) electrons. The minimum absolute atomic E-state index is 0.0340. The lowest BCUT2D eigenvalue weighted by molar-refractivity contribution is 0.280. The van der Waals surface area contributed by atoms with Crippen LogP contribution in [0.5, 0.6) is 0 Å². The molecule has 100 valence electrons. The van der Waals surface area contributed by atoms with Crippen LogP contribution in [-0.2, 0) is 18.0 Å². The second-order valence-corrected chi connectivity index (χ2v) is 3.72. The van der Waals surface area contributed by atoms with E-state index >= 15 is 0 Å². The second kappa shape index (κ2) is 8.08. The van der Waals surface area contributed by atoms with Crippen LogP contribution in [0.2, 0.25) is 0 Å². The molecular weight excluding hydrogens is 240 g/mol. The molecule has 0 heterocycles. The molecular formula is C16H18O3. The average Bonchev–Trinajstić information content (AvgIpc) is 2.47. The summed E-state index contributed by atoms with van der Waals surface area (Å²) in [5, 5.41) is 20.3. The summed E-state index contributed by atoms with van der Waals surface area (Å²) in [7, 11) is 0. The molecule has 0 saturated carbocycles. The smallest absolute Gasteiger partial charge is 0.0829 e. The molecule has 0 fully saturated rings. The van der Waals surface area contributed by atoms with Crippen LogP contribution >= 0.6 is 0 Å². The van der Waals surface area contributed by atoms with Gasteiger partial charge in [0.1, 0.15) is 0 Å². The van der Waals surface area contributed by atoms with Crippen LogP contribution < -0.4 is 0 Å². The molecule has 0 atom stereocenters. The van der Waals surface area contributed by atoms with Gasteiger partial charge in [0.05, 0.1) is 25.7 Å². The van der Waals surface area contributed by atoms with Crippen LogP contribution in [0.4, 0.5) is 0 Å². The topological polar surface area (TPSA) is 49.7 Å². The van der Waals surface area contributed by atoms with Gasteiger partial charge in [-0.25, -0.2) is 0 Å². The van der Waals surface area contributed by atoms with Crippen molar-refractivity contribution >= 4 is 10.8 Å². The first-order valence-corrected chi connectivity index (χ1v) is 5.87. The zero-order chi connectivity index (χ0) is 14.1. The molecule has 2 N–H and O–H groups in total. The van der Waals surface area contributed by atoms with Gasteiger partial charge in [0.25, 0.3) is 0 Å². The number of hydrogen-bond donors (Lipinski definition) is 2. The van der Waals surface area contributed by atoms with E-state index in [1.807, 2.05) is 36.4 Å². The maximum Gasteiger partial charge on any atom is 0.0829 e. The molecule has 3 nitrogen and oxygen atoms in total. The third-order valence-corrected chi connectivity index (χ3v) is 2.64. The van der Waals surface area contributed by atoms with Crippen molar-refractivity contribution in [2.24, 2.45) is 0 Å². The van der Waals surface area contributed by atoms with Gasteiger partial charge in [-0.2, -0.15) is 0 Å². The summed E-state index contributed by atoms with van der Waals surface area (Å²) in [5.41, 5.74) is 1.80. The summed E-state index contributed by atoms with van der Waals surface area (Å²) in [5.74, 6) is 0. The van der Waals surface area contributed by atoms with Crippen LogP contribution in [0.3, 0.4) is 0 Å². The Morgan fingerprint density at radius 1 is 0.842 bits per heavy atom. The molecule has 0 aliphatic rings. The van der Waals surface area contributed by atoms with E-state index < -0.39 is 0 Å². The molecule has 19 heavy (non-hydrogen) atoms. The minimum atomic E-state index is 0.0340. The maximum atomic E-state index is 9.14. The van der Waals surface area contributed by atoms with E-state index in [0.717, 1.165) is 21.9 Å². The number of rotatable bonds is 4. The number of aliphatic hydroxyl groups is 2. The van der Waals surface area contributed by atoms with Crippen LogP contribution in [-0.4, -0.2) is 10.2 Å². The fourth-order valence-corrected chi connectivity index (χ4v) is 1.77. The van der Waals surface area contributed by atoms with Crippen molar-refractivity contribution in [1.82, 2.24) is 0 Å². The average molecular weight is 258 g/mol. The Hall–Kier alpha value is -2.10. The standard InChI is InChI=1S/C12H12O2.C4H6O/c13-7-9-5-6-10(8-14)12-4-2-1-3-11(9)12;1-3-5-4-2/h1-6,13-14H,7-8H2;3-4H,1-2H2. The van der Waals surface area contributed by atoms with Crippen LogP contribution in [0.15, 0.2) is 62.1 Å². The van der Waals surface area contributed by atoms with Gasteiger partial charge < -0.3 is 14.9 Å². The van der Waals surface area contributed by atoms with Crippen molar-refractivity contribution in [3.8, 4) is 0 Å². The van der Waals surface area contributed by atoms with Gasteiger partial charge in [-0.1, -0.05) is 49.6 Å². The summed E-state index contributed by atoms with van der Waals surface area (Å²) in [6.07, 6.45) is 2.62. The molecule has 0 saturated heterocycles. The van der Waals surface area contributed by atoms with Crippen molar-refractivity contribution < 1.29 is 14.9 Å². The SMILES string of the molecule is C=COC=C.OCc1ccc(CO)c2ccccc12. The summed E-state index contributed by atoms with van der Waals surface area (Å²) in [4.78, 5) is 0. The first kappa shape index (κ1) is 15.0. The monoisotopic (exact) mass is 258 g/mol. The zero-order valence-corrected chi connectivity index (χ0v) is 10.7. The molecule has 0 spiro atoms. The number of aliphatic hydroxyl groups excluding tert-OH is 2. The van der Waals surface area contributed by atoms with E-state index in [4.69, 9.17) is 10.2 Å². The van der Waals surface area contributed by atoms with E-state index in [2.05, 4.69) is 17.9 Å². The number of hydrogen-bond acceptors (Lipinski definition) is 3. The molecule has 2 aromatic rings. The largest absolute Gasteiger partial charge is 0.474 e. The van der Waals surface area contributed by atoms with Gasteiger partial charge in [0.2, 0.25) is 0 Å². The summed E-state index contributed by atoms with van der Waals surface area (Å²) in [6, 6.07) is 11.5. The lowest BCUT2D eigenvalue weighted by Crippen LogP contribution is -1.91. The van der Waals surface area contributed by atoms with Crippen molar-refractivity contribution in [1.29, 1.82) is 0 Å². The highest BCUT2D eigenvalue weighted by molar-refractivity contribution is 5.88. The van der Waals surface area contributed by atoms with Crippen molar-refractivity contribution in [3.63, 3.8) is 0 Å². The first-order valence-electron chi connectivity index (χ1n) is 5.87. The first-order chi connectivity index (χ1) is 9.28. The van der Waals surface area contributed by atoms with Gasteiger partial charge in [-0.3, -0.25) is 0 Å².